The van der Waals surface area contributed by atoms with Crippen LogP contribution in [0.3, 0.4) is 0 Å². The van der Waals surface area contributed by atoms with Crippen molar-refractivity contribution >= 4 is 17.1 Å². The Morgan fingerprint density at radius 1 is 1.12 bits per heavy atom. The van der Waals surface area contributed by atoms with Crippen molar-refractivity contribution in [3.63, 3.8) is 0 Å². The van der Waals surface area contributed by atoms with Crippen LogP contribution in [-0.2, 0) is 0 Å². The molecule has 1 aromatic rings. The van der Waals surface area contributed by atoms with Crippen molar-refractivity contribution in [3.05, 3.63) is 30.3 Å². The third-order valence-electron chi connectivity index (χ3n) is 2.22. The minimum Gasteiger partial charge on any atom is -0.323 e. The molecule has 1 aromatic carbocycles. The van der Waals surface area contributed by atoms with Crippen molar-refractivity contribution in [3.8, 4) is 0 Å². The first-order valence-electron chi connectivity index (χ1n) is 5.30. The highest BCUT2D eigenvalue weighted by molar-refractivity contribution is 5.89. The van der Waals surface area contributed by atoms with Gasteiger partial charge >= 0.3 is 0 Å². The number of hydrogen-bond acceptors (Lipinski definition) is 4. The summed E-state index contributed by atoms with van der Waals surface area (Å²) < 4.78 is 0. The summed E-state index contributed by atoms with van der Waals surface area (Å²) in [5.74, 6) is 5.16. The summed E-state index contributed by atoms with van der Waals surface area (Å²) in [5.41, 5.74) is 5.97. The van der Waals surface area contributed by atoms with Crippen LogP contribution in [0, 0.1) is 0 Å². The molecule has 0 fully saturated rings. The summed E-state index contributed by atoms with van der Waals surface area (Å²) in [5, 5.41) is 7.89. The molecule has 0 aliphatic carbocycles. The van der Waals surface area contributed by atoms with Crippen LogP contribution in [0.4, 0.5) is 5.69 Å². The first-order chi connectivity index (χ1) is 7.72. The summed E-state index contributed by atoms with van der Waals surface area (Å²) in [6.07, 6.45) is 1.72. The molecule has 4 heteroatoms. The normalized spacial score (nSPS) is 12.6. The van der Waals surface area contributed by atoms with Gasteiger partial charge in [-0.15, -0.1) is 0 Å². The first-order valence-corrected chi connectivity index (χ1v) is 5.30. The molecule has 0 atom stereocenters. The average Bonchev–Trinajstić information content (AvgIpc) is 2.34. The Hall–Kier alpha value is -1.84. The van der Waals surface area contributed by atoms with Gasteiger partial charge in [0.1, 0.15) is 0 Å². The number of benzene rings is 1. The second-order valence-corrected chi connectivity index (χ2v) is 3.69. The zero-order chi connectivity index (χ0) is 11.8. The molecular weight excluding hydrogens is 200 g/mol. The number of anilines is 1. The lowest BCUT2D eigenvalue weighted by Crippen LogP contribution is -2.02. The van der Waals surface area contributed by atoms with Crippen molar-refractivity contribution < 1.29 is 0 Å². The quantitative estimate of drug-likeness (QED) is 0.453. The summed E-state index contributed by atoms with van der Waals surface area (Å²) >= 11 is 0. The van der Waals surface area contributed by atoms with Gasteiger partial charge in [0.2, 0.25) is 0 Å². The molecule has 0 spiro atoms. The smallest absolute Gasteiger partial charge is 0.0561 e. The van der Waals surface area contributed by atoms with Crippen molar-refractivity contribution in [2.45, 2.75) is 26.7 Å². The highest BCUT2D eigenvalue weighted by atomic mass is 15.3. The maximum atomic E-state index is 5.16. The van der Waals surface area contributed by atoms with Crippen LogP contribution in [0.1, 0.15) is 26.7 Å². The van der Waals surface area contributed by atoms with Gasteiger partial charge in [0.25, 0.3) is 0 Å². The maximum absolute atomic E-state index is 5.16. The van der Waals surface area contributed by atoms with Crippen LogP contribution in [0.2, 0.25) is 0 Å². The van der Waals surface area contributed by atoms with Gasteiger partial charge in [0.15, 0.2) is 0 Å². The first kappa shape index (κ1) is 12.2. The number of hydrogen-bond donors (Lipinski definition) is 2. The average molecular weight is 218 g/mol. The minimum atomic E-state index is 0.850. The SMILES string of the molecule is CC(CCC(C)=NNc1ccccc1)=NN. The van der Waals surface area contributed by atoms with E-state index in [9.17, 15) is 0 Å². The molecule has 0 bridgehead atoms. The van der Waals surface area contributed by atoms with E-state index in [2.05, 4.69) is 15.6 Å². The lowest BCUT2D eigenvalue weighted by atomic mass is 10.2. The van der Waals surface area contributed by atoms with Crippen LogP contribution in [-0.4, -0.2) is 11.4 Å². The third-order valence-corrected chi connectivity index (χ3v) is 2.22. The number of hydrazone groups is 2. The van der Waals surface area contributed by atoms with Gasteiger partial charge in [-0.25, -0.2) is 0 Å². The highest BCUT2D eigenvalue weighted by Crippen LogP contribution is 2.05. The molecule has 0 saturated heterocycles. The molecule has 0 aliphatic heterocycles. The molecule has 16 heavy (non-hydrogen) atoms. The van der Waals surface area contributed by atoms with E-state index >= 15 is 0 Å². The molecule has 0 aliphatic rings. The fraction of sp³-hybridized carbons (Fsp3) is 0.333. The molecular formula is C12H18N4. The Morgan fingerprint density at radius 2 is 1.75 bits per heavy atom. The Balaban J connectivity index is 2.40. The lowest BCUT2D eigenvalue weighted by Gasteiger charge is -2.02. The summed E-state index contributed by atoms with van der Waals surface area (Å²) in [6, 6.07) is 9.87. The van der Waals surface area contributed by atoms with Crippen molar-refractivity contribution in [2.24, 2.45) is 16.0 Å². The predicted molar refractivity (Wildman–Crippen MR) is 69.7 cm³/mol. The largest absolute Gasteiger partial charge is 0.323 e. The van der Waals surface area contributed by atoms with Crippen LogP contribution < -0.4 is 11.3 Å². The second-order valence-electron chi connectivity index (χ2n) is 3.69. The number of para-hydroxylation sites is 1. The predicted octanol–water partition coefficient (Wildman–Crippen LogP) is 2.59. The van der Waals surface area contributed by atoms with E-state index in [1.807, 2.05) is 44.2 Å². The van der Waals surface area contributed by atoms with Crippen LogP contribution >= 0.6 is 0 Å². The second kappa shape index (κ2) is 6.61. The number of nitrogens with zero attached hydrogens (tertiary/aromatic N) is 2. The van der Waals surface area contributed by atoms with Gasteiger partial charge in [-0.05, 0) is 38.8 Å². The summed E-state index contributed by atoms with van der Waals surface area (Å²) in [6.45, 7) is 3.90. The van der Waals surface area contributed by atoms with Gasteiger partial charge in [0.05, 0.1) is 5.69 Å². The summed E-state index contributed by atoms with van der Waals surface area (Å²) in [7, 11) is 0. The standard InChI is InChI=1S/C12H18N4/c1-10(14-13)8-9-11(2)15-16-12-6-4-3-5-7-12/h3-7,16H,8-9,13H2,1-2H3. The molecule has 4 nitrogen and oxygen atoms in total. The highest BCUT2D eigenvalue weighted by Gasteiger charge is 1.95. The minimum absolute atomic E-state index is 0.850. The van der Waals surface area contributed by atoms with Crippen LogP contribution in [0.5, 0.6) is 0 Å². The fourth-order valence-electron chi connectivity index (χ4n) is 1.15. The molecule has 0 saturated carbocycles. The molecule has 0 heterocycles. The molecule has 3 N–H and O–H groups in total. The van der Waals surface area contributed by atoms with Gasteiger partial charge in [0, 0.05) is 11.4 Å². The maximum Gasteiger partial charge on any atom is 0.0561 e. The van der Waals surface area contributed by atoms with E-state index in [1.54, 1.807) is 0 Å². The topological polar surface area (TPSA) is 62.8 Å². The lowest BCUT2D eigenvalue weighted by molar-refractivity contribution is 1.08. The van der Waals surface area contributed by atoms with E-state index in [0.29, 0.717) is 0 Å². The molecule has 0 amide bonds. The zero-order valence-corrected chi connectivity index (χ0v) is 9.77. The van der Waals surface area contributed by atoms with Gasteiger partial charge in [-0.2, -0.15) is 10.2 Å². The van der Waals surface area contributed by atoms with Gasteiger partial charge in [-0.3, -0.25) is 5.43 Å². The van der Waals surface area contributed by atoms with E-state index < -0.39 is 0 Å². The van der Waals surface area contributed by atoms with Gasteiger partial charge in [-0.1, -0.05) is 18.2 Å². The van der Waals surface area contributed by atoms with Crippen LogP contribution in [0.15, 0.2) is 40.5 Å². The van der Waals surface area contributed by atoms with Gasteiger partial charge < -0.3 is 5.84 Å². The number of rotatable bonds is 5. The third kappa shape index (κ3) is 4.59. The van der Waals surface area contributed by atoms with Crippen molar-refractivity contribution in [1.29, 1.82) is 0 Å². The molecule has 0 unspecified atom stereocenters. The van der Waals surface area contributed by atoms with E-state index in [4.69, 9.17) is 5.84 Å². The Bertz CT molecular complexity index is 368. The Kier molecular flexibility index (Phi) is 5.05. The molecule has 0 aromatic heterocycles. The molecule has 1 rings (SSSR count). The summed E-state index contributed by atoms with van der Waals surface area (Å²) in [4.78, 5) is 0. The van der Waals surface area contributed by atoms with E-state index in [-0.39, 0.29) is 0 Å². The van der Waals surface area contributed by atoms with Crippen molar-refractivity contribution in [2.75, 3.05) is 5.43 Å². The van der Waals surface area contributed by atoms with Crippen LogP contribution in [0.25, 0.3) is 0 Å². The Labute approximate surface area is 96.2 Å². The molecule has 86 valence electrons. The fourth-order valence-corrected chi connectivity index (χ4v) is 1.15. The Morgan fingerprint density at radius 3 is 2.38 bits per heavy atom. The molecule has 0 radical (unpaired) electrons. The monoisotopic (exact) mass is 218 g/mol. The zero-order valence-electron chi connectivity index (χ0n) is 9.77. The van der Waals surface area contributed by atoms with E-state index in [0.717, 1.165) is 30.0 Å². The number of nitrogens with two attached hydrogens (primary N) is 1. The van der Waals surface area contributed by atoms with E-state index in [1.165, 1.54) is 0 Å². The number of nitrogens with one attached hydrogen (secondary N) is 1. The van der Waals surface area contributed by atoms with Crippen molar-refractivity contribution in [1.82, 2.24) is 0 Å².